The van der Waals surface area contributed by atoms with E-state index in [9.17, 15) is 13.5 Å². The number of nitrogens with zero attached hydrogens (tertiary/aromatic N) is 2. The van der Waals surface area contributed by atoms with Crippen molar-refractivity contribution in [1.82, 2.24) is 9.29 Å². The summed E-state index contributed by atoms with van der Waals surface area (Å²) in [5.41, 5.74) is 0.488. The molecule has 0 bridgehead atoms. The van der Waals surface area contributed by atoms with Gasteiger partial charge in [0.05, 0.1) is 11.1 Å². The molecule has 0 aliphatic carbocycles. The summed E-state index contributed by atoms with van der Waals surface area (Å²) in [6.07, 6.45) is 0.465. The Labute approximate surface area is 104 Å². The lowest BCUT2D eigenvalue weighted by Crippen LogP contribution is -2.30. The van der Waals surface area contributed by atoms with Crippen molar-refractivity contribution in [3.8, 4) is 0 Å². The zero-order chi connectivity index (χ0) is 12.6. The van der Waals surface area contributed by atoms with Gasteiger partial charge in [0.2, 0.25) is 0 Å². The highest BCUT2D eigenvalue weighted by molar-refractivity contribution is 7.89. The average molecular weight is 275 g/mol. The summed E-state index contributed by atoms with van der Waals surface area (Å²) in [6, 6.07) is 2.80. The maximum atomic E-state index is 12.1. The Hall–Kier alpha value is -0.950. The summed E-state index contributed by atoms with van der Waals surface area (Å²) in [7, 11) is -3.68. The minimum absolute atomic E-state index is 0.0193. The first-order valence-corrected chi connectivity index (χ1v) is 6.70. The number of aliphatic hydroxyl groups excluding tert-OH is 1. The summed E-state index contributed by atoms with van der Waals surface area (Å²) in [5, 5.41) is 9.77. The summed E-state index contributed by atoms with van der Waals surface area (Å²) in [5.74, 6) is 0. The van der Waals surface area contributed by atoms with Gasteiger partial charge in [-0.25, -0.2) is 13.4 Å². The molecule has 17 heavy (non-hydrogen) atoms. The monoisotopic (exact) mass is 274 g/mol. The SMILES string of the molecule is C=C1CN(S(=O)(=O)c2ccc(Cl)cn2)C[C@H]1O. The van der Waals surface area contributed by atoms with Crippen LogP contribution in [0.15, 0.2) is 35.5 Å². The third-order valence-corrected chi connectivity index (χ3v) is 4.48. The molecule has 7 heteroatoms. The van der Waals surface area contributed by atoms with Crippen LogP contribution in [0.1, 0.15) is 0 Å². The molecular weight excluding hydrogens is 264 g/mol. The van der Waals surface area contributed by atoms with Crippen LogP contribution in [0.25, 0.3) is 0 Å². The number of sulfonamides is 1. The molecule has 1 atom stereocenters. The molecule has 2 rings (SSSR count). The van der Waals surface area contributed by atoms with Crippen LogP contribution in [0, 0.1) is 0 Å². The first-order valence-electron chi connectivity index (χ1n) is 4.88. The molecule has 1 saturated heterocycles. The molecule has 1 aliphatic heterocycles. The number of β-amino-alcohol motifs (C(OH)–C–C–N with tert-alkyl or cyclic N) is 1. The van der Waals surface area contributed by atoms with Crippen LogP contribution in [0.4, 0.5) is 0 Å². The Bertz CT molecular complexity index is 541. The van der Waals surface area contributed by atoms with Crippen molar-refractivity contribution in [3.05, 3.63) is 35.5 Å². The van der Waals surface area contributed by atoms with Gasteiger partial charge in [-0.2, -0.15) is 4.31 Å². The van der Waals surface area contributed by atoms with E-state index in [0.29, 0.717) is 10.6 Å². The normalized spacial score (nSPS) is 22.0. The van der Waals surface area contributed by atoms with E-state index in [1.54, 1.807) is 0 Å². The Balaban J connectivity index is 2.31. The molecule has 2 heterocycles. The molecular formula is C10H11ClN2O3S. The van der Waals surface area contributed by atoms with Crippen LogP contribution >= 0.6 is 11.6 Å². The topological polar surface area (TPSA) is 70.5 Å². The molecule has 0 radical (unpaired) electrons. The van der Waals surface area contributed by atoms with E-state index >= 15 is 0 Å². The summed E-state index contributed by atoms with van der Waals surface area (Å²) < 4.78 is 25.4. The van der Waals surface area contributed by atoms with E-state index in [1.165, 1.54) is 18.3 Å². The number of rotatable bonds is 2. The van der Waals surface area contributed by atoms with E-state index in [4.69, 9.17) is 11.6 Å². The van der Waals surface area contributed by atoms with E-state index in [2.05, 4.69) is 11.6 Å². The molecule has 1 fully saturated rings. The minimum Gasteiger partial charge on any atom is -0.387 e. The average Bonchev–Trinajstić information content (AvgIpc) is 2.60. The molecule has 1 N–H and O–H groups in total. The number of aliphatic hydroxyl groups is 1. The van der Waals surface area contributed by atoms with E-state index in [1.807, 2.05) is 0 Å². The fourth-order valence-electron chi connectivity index (χ4n) is 1.55. The third kappa shape index (κ3) is 2.35. The second-order valence-electron chi connectivity index (χ2n) is 3.79. The first-order chi connectivity index (χ1) is 7.91. The highest BCUT2D eigenvalue weighted by Crippen LogP contribution is 2.22. The van der Waals surface area contributed by atoms with Crippen molar-refractivity contribution >= 4 is 21.6 Å². The van der Waals surface area contributed by atoms with Crippen LogP contribution in [0.5, 0.6) is 0 Å². The van der Waals surface area contributed by atoms with Gasteiger partial charge in [-0.05, 0) is 17.7 Å². The van der Waals surface area contributed by atoms with Crippen molar-refractivity contribution in [2.24, 2.45) is 0 Å². The molecule has 0 spiro atoms. The number of pyridine rings is 1. The van der Waals surface area contributed by atoms with Crippen molar-refractivity contribution in [3.63, 3.8) is 0 Å². The largest absolute Gasteiger partial charge is 0.387 e. The Morgan fingerprint density at radius 3 is 2.71 bits per heavy atom. The van der Waals surface area contributed by atoms with Crippen LogP contribution in [-0.4, -0.2) is 42.0 Å². The van der Waals surface area contributed by atoms with Gasteiger partial charge in [-0.3, -0.25) is 0 Å². The number of hydrogen-bond donors (Lipinski definition) is 1. The number of aromatic nitrogens is 1. The van der Waals surface area contributed by atoms with Gasteiger partial charge in [0.1, 0.15) is 0 Å². The van der Waals surface area contributed by atoms with Gasteiger partial charge in [-0.15, -0.1) is 0 Å². The molecule has 0 aromatic carbocycles. The molecule has 0 amide bonds. The second-order valence-corrected chi connectivity index (χ2v) is 6.11. The quantitative estimate of drug-likeness (QED) is 0.804. The summed E-state index contributed by atoms with van der Waals surface area (Å²) in [6.45, 7) is 3.75. The van der Waals surface area contributed by atoms with E-state index in [0.717, 1.165) is 4.31 Å². The first kappa shape index (κ1) is 12.5. The second kappa shape index (κ2) is 4.38. The van der Waals surface area contributed by atoms with Gasteiger partial charge in [0.15, 0.2) is 5.03 Å². The maximum absolute atomic E-state index is 12.1. The lowest BCUT2D eigenvalue weighted by Gasteiger charge is -2.14. The predicted molar refractivity (Wildman–Crippen MR) is 63.2 cm³/mol. The van der Waals surface area contributed by atoms with Crippen molar-refractivity contribution in [1.29, 1.82) is 0 Å². The van der Waals surface area contributed by atoms with Crippen molar-refractivity contribution in [2.45, 2.75) is 11.1 Å². The third-order valence-electron chi connectivity index (χ3n) is 2.53. The van der Waals surface area contributed by atoms with Crippen LogP contribution < -0.4 is 0 Å². The standard InChI is InChI=1S/C10H11ClN2O3S/c1-7-5-13(6-9(7)14)17(15,16)10-3-2-8(11)4-12-10/h2-4,9,14H,1,5-6H2/t9-/m1/s1. The van der Waals surface area contributed by atoms with Crippen molar-refractivity contribution in [2.75, 3.05) is 13.1 Å². The van der Waals surface area contributed by atoms with Crippen LogP contribution in [-0.2, 0) is 10.0 Å². The molecule has 0 saturated carbocycles. The minimum atomic E-state index is -3.68. The number of hydrogen-bond acceptors (Lipinski definition) is 4. The van der Waals surface area contributed by atoms with Gasteiger partial charge in [0.25, 0.3) is 10.0 Å². The molecule has 1 aliphatic rings. The summed E-state index contributed by atoms with van der Waals surface area (Å²) in [4.78, 5) is 3.77. The number of halogens is 1. The Morgan fingerprint density at radius 2 is 2.24 bits per heavy atom. The summed E-state index contributed by atoms with van der Waals surface area (Å²) >= 11 is 5.64. The van der Waals surface area contributed by atoms with Gasteiger partial charge in [0, 0.05) is 19.3 Å². The van der Waals surface area contributed by atoms with Gasteiger partial charge >= 0.3 is 0 Å². The molecule has 5 nitrogen and oxygen atoms in total. The zero-order valence-corrected chi connectivity index (χ0v) is 10.4. The highest BCUT2D eigenvalue weighted by Gasteiger charge is 2.34. The lowest BCUT2D eigenvalue weighted by molar-refractivity contribution is 0.217. The predicted octanol–water partition coefficient (Wildman–Crippen LogP) is 0.656. The van der Waals surface area contributed by atoms with Gasteiger partial charge < -0.3 is 5.11 Å². The fourth-order valence-corrected chi connectivity index (χ4v) is 3.02. The molecule has 92 valence electrons. The fraction of sp³-hybridized carbons (Fsp3) is 0.300. The lowest BCUT2D eigenvalue weighted by atomic mass is 10.2. The molecule has 1 aromatic heterocycles. The van der Waals surface area contributed by atoms with E-state index < -0.39 is 16.1 Å². The Kier molecular flexibility index (Phi) is 3.22. The smallest absolute Gasteiger partial charge is 0.260 e. The van der Waals surface area contributed by atoms with Crippen LogP contribution in [0.2, 0.25) is 5.02 Å². The van der Waals surface area contributed by atoms with Gasteiger partial charge in [-0.1, -0.05) is 18.2 Å². The highest BCUT2D eigenvalue weighted by atomic mass is 35.5. The molecule has 1 aromatic rings. The maximum Gasteiger partial charge on any atom is 0.260 e. The van der Waals surface area contributed by atoms with E-state index in [-0.39, 0.29) is 18.1 Å². The van der Waals surface area contributed by atoms with Crippen LogP contribution in [0.3, 0.4) is 0 Å². The zero-order valence-electron chi connectivity index (χ0n) is 8.88. The van der Waals surface area contributed by atoms with Crippen molar-refractivity contribution < 1.29 is 13.5 Å². The Morgan fingerprint density at radius 1 is 1.53 bits per heavy atom. The molecule has 0 unspecified atom stereocenters.